The fourth-order valence-corrected chi connectivity index (χ4v) is 10.2. The van der Waals surface area contributed by atoms with Crippen molar-refractivity contribution < 1.29 is 8.83 Å². The quantitative estimate of drug-likeness (QED) is 0.150. The van der Waals surface area contributed by atoms with Gasteiger partial charge >= 0.3 is 0 Å². The van der Waals surface area contributed by atoms with Crippen molar-refractivity contribution in [2.45, 2.75) is 0 Å². The van der Waals surface area contributed by atoms with Crippen LogP contribution < -0.4 is 4.90 Å². The van der Waals surface area contributed by atoms with E-state index in [0.29, 0.717) is 0 Å². The summed E-state index contributed by atoms with van der Waals surface area (Å²) in [5, 5.41) is 9.12. The fourth-order valence-electron chi connectivity index (χ4n) is 10.2. The number of nitrogens with zero attached hydrogens (tertiary/aromatic N) is 1. The van der Waals surface area contributed by atoms with Crippen LogP contribution in [0.2, 0.25) is 0 Å². The van der Waals surface area contributed by atoms with Gasteiger partial charge in [-0.05, 0) is 79.2 Å². The van der Waals surface area contributed by atoms with E-state index in [9.17, 15) is 0 Å². The molecule has 0 aliphatic heterocycles. The van der Waals surface area contributed by atoms with Crippen LogP contribution in [0.25, 0.3) is 110 Å². The minimum absolute atomic E-state index is 0.801. The Morgan fingerprint density at radius 2 is 0.600 bits per heavy atom. The van der Waals surface area contributed by atoms with E-state index in [4.69, 9.17) is 8.83 Å². The van der Waals surface area contributed by atoms with E-state index in [0.717, 1.165) is 88.8 Å². The molecule has 0 spiro atoms. The van der Waals surface area contributed by atoms with E-state index < -0.39 is 0 Å². The summed E-state index contributed by atoms with van der Waals surface area (Å²) in [6.07, 6.45) is 0. The van der Waals surface area contributed by atoms with Gasteiger partial charge in [-0.3, -0.25) is 0 Å². The number of hydrogen-bond acceptors (Lipinski definition) is 3. The second-order valence-corrected chi connectivity index (χ2v) is 16.7. The van der Waals surface area contributed by atoms with Crippen LogP contribution >= 0.6 is 0 Å². The Morgan fingerprint density at radius 3 is 1.09 bits per heavy atom. The Morgan fingerprint density at radius 1 is 0.246 bits per heavy atom. The minimum atomic E-state index is 0.801. The molecule has 13 rings (SSSR count). The van der Waals surface area contributed by atoms with Crippen molar-refractivity contribution in [2.24, 2.45) is 0 Å². The lowest BCUT2D eigenvalue weighted by atomic mass is 9.85. The molecule has 0 bridgehead atoms. The maximum Gasteiger partial charge on any atom is 0.159 e. The van der Waals surface area contributed by atoms with Crippen LogP contribution in [-0.2, 0) is 0 Å². The highest BCUT2D eigenvalue weighted by Gasteiger charge is 2.26. The third kappa shape index (κ3) is 5.90. The summed E-state index contributed by atoms with van der Waals surface area (Å²) in [4.78, 5) is 2.34. The molecule has 0 saturated carbocycles. The van der Waals surface area contributed by atoms with Gasteiger partial charge < -0.3 is 13.7 Å². The zero-order valence-corrected chi connectivity index (χ0v) is 35.3. The van der Waals surface area contributed by atoms with Gasteiger partial charge in [-0.15, -0.1) is 0 Å². The average Bonchev–Trinajstić information content (AvgIpc) is 3.97. The summed E-state index contributed by atoms with van der Waals surface area (Å²) in [6.45, 7) is 0. The van der Waals surface area contributed by atoms with Gasteiger partial charge in [0.15, 0.2) is 11.2 Å². The average molecular weight is 830 g/mol. The lowest BCUT2D eigenvalue weighted by molar-refractivity contribution is 0.667. The van der Waals surface area contributed by atoms with Gasteiger partial charge in [-0.2, -0.15) is 0 Å². The fraction of sp³-hybridized carbons (Fsp3) is 0. The Bertz CT molecular complexity index is 3780. The molecule has 3 heteroatoms. The highest BCUT2D eigenvalue weighted by atomic mass is 16.3. The van der Waals surface area contributed by atoms with Crippen LogP contribution in [0.1, 0.15) is 0 Å². The lowest BCUT2D eigenvalue weighted by Crippen LogP contribution is -2.10. The summed E-state index contributed by atoms with van der Waals surface area (Å²) in [5.74, 6) is 0. The second-order valence-electron chi connectivity index (χ2n) is 16.7. The molecule has 0 saturated heterocycles. The molecule has 2 aromatic heterocycles. The summed E-state index contributed by atoms with van der Waals surface area (Å²) in [6, 6.07) is 84.4. The van der Waals surface area contributed by atoms with Crippen molar-refractivity contribution in [1.82, 2.24) is 0 Å². The second kappa shape index (κ2) is 15.0. The van der Waals surface area contributed by atoms with Crippen molar-refractivity contribution in [3.63, 3.8) is 0 Å². The molecule has 65 heavy (non-hydrogen) atoms. The van der Waals surface area contributed by atoms with E-state index in [2.05, 4.69) is 241 Å². The smallest absolute Gasteiger partial charge is 0.159 e. The maximum absolute atomic E-state index is 7.17. The van der Waals surface area contributed by atoms with Crippen LogP contribution in [0, 0.1) is 0 Å². The number of para-hydroxylation sites is 4. The number of furan rings is 2. The molecular formula is C62H39NO2. The highest BCUT2D eigenvalue weighted by molar-refractivity contribution is 6.22. The van der Waals surface area contributed by atoms with Crippen molar-refractivity contribution in [2.75, 3.05) is 4.90 Å². The maximum atomic E-state index is 7.17. The lowest BCUT2D eigenvalue weighted by Gasteiger charge is -2.26. The Hall–Kier alpha value is -8.66. The first-order valence-electron chi connectivity index (χ1n) is 22.2. The van der Waals surface area contributed by atoms with Gasteiger partial charge in [-0.25, -0.2) is 0 Å². The van der Waals surface area contributed by atoms with E-state index >= 15 is 0 Å². The monoisotopic (exact) mass is 829 g/mol. The highest BCUT2D eigenvalue weighted by Crippen LogP contribution is 2.50. The van der Waals surface area contributed by atoms with Gasteiger partial charge in [0, 0.05) is 38.4 Å². The summed E-state index contributed by atoms with van der Waals surface area (Å²) < 4.78 is 14.3. The Balaban J connectivity index is 1.11. The summed E-state index contributed by atoms with van der Waals surface area (Å²) in [7, 11) is 0. The number of rotatable bonds is 7. The van der Waals surface area contributed by atoms with Gasteiger partial charge in [0.1, 0.15) is 11.2 Å². The Kier molecular flexibility index (Phi) is 8.53. The zero-order valence-electron chi connectivity index (χ0n) is 35.3. The van der Waals surface area contributed by atoms with Gasteiger partial charge in [0.05, 0.1) is 11.4 Å². The van der Waals surface area contributed by atoms with E-state index in [-0.39, 0.29) is 0 Å². The molecule has 0 unspecified atom stereocenters. The first-order chi connectivity index (χ1) is 32.3. The van der Waals surface area contributed by atoms with Crippen LogP contribution in [0.15, 0.2) is 245 Å². The number of benzene rings is 11. The largest absolute Gasteiger partial charge is 0.453 e. The predicted molar refractivity (Wildman–Crippen MR) is 272 cm³/mol. The predicted octanol–water partition coefficient (Wildman–Crippen LogP) is 17.9. The number of fused-ring (bicyclic) bond motifs is 9. The molecule has 3 nitrogen and oxygen atoms in total. The first kappa shape index (κ1) is 36.9. The minimum Gasteiger partial charge on any atom is -0.453 e. The normalized spacial score (nSPS) is 11.7. The number of anilines is 3. The third-order valence-electron chi connectivity index (χ3n) is 13.0. The van der Waals surface area contributed by atoms with Gasteiger partial charge in [0.2, 0.25) is 0 Å². The van der Waals surface area contributed by atoms with Gasteiger partial charge in [0.25, 0.3) is 0 Å². The van der Waals surface area contributed by atoms with Crippen molar-refractivity contribution in [3.8, 4) is 44.5 Å². The van der Waals surface area contributed by atoms with E-state index in [1.54, 1.807) is 0 Å². The molecule has 0 aliphatic rings. The summed E-state index contributed by atoms with van der Waals surface area (Å²) in [5.41, 5.74) is 15.2. The van der Waals surface area contributed by atoms with Crippen LogP contribution in [0.4, 0.5) is 17.1 Å². The summed E-state index contributed by atoms with van der Waals surface area (Å²) >= 11 is 0. The molecular weight excluding hydrogens is 791 g/mol. The SMILES string of the molecule is c1ccc(-c2c(-c3cccc(N(c4cccc5c4oc4c(-c6ccccc6)cccc45)c4cccc5c4oc4c(-c6ccccc6)cccc45)c3)c3ccccc3c3ccccc23)cc1. The molecule has 11 aromatic carbocycles. The Labute approximate surface area is 375 Å². The van der Waals surface area contributed by atoms with E-state index in [1.165, 1.54) is 38.2 Å². The molecule has 0 fully saturated rings. The molecule has 13 aromatic rings. The molecule has 2 heterocycles. The molecule has 0 N–H and O–H groups in total. The topological polar surface area (TPSA) is 29.5 Å². The molecule has 0 atom stereocenters. The molecule has 304 valence electrons. The standard InChI is InChI=1S/C62H39NO2/c1-4-19-40(20-5-1)45-31-15-33-51-53-35-17-37-55(61(53)64-59(45)51)63(56-38-18-36-54-52-34-16-32-46(60(52)65-62(54)56)41-21-6-2-7-22-41)44-26-14-25-43(39-44)58-50-30-13-11-28-48(50)47-27-10-12-29-49(47)57(58)42-23-8-3-9-24-42/h1-39H. The first-order valence-corrected chi connectivity index (χ1v) is 22.2. The molecule has 0 amide bonds. The number of hydrogen-bond donors (Lipinski definition) is 0. The zero-order chi connectivity index (χ0) is 42.8. The molecule has 0 radical (unpaired) electrons. The van der Waals surface area contributed by atoms with Crippen LogP contribution in [0.3, 0.4) is 0 Å². The molecule has 0 aliphatic carbocycles. The van der Waals surface area contributed by atoms with Crippen molar-refractivity contribution >= 4 is 82.5 Å². The van der Waals surface area contributed by atoms with E-state index in [1.807, 2.05) is 0 Å². The van der Waals surface area contributed by atoms with Crippen molar-refractivity contribution in [3.05, 3.63) is 237 Å². The third-order valence-corrected chi connectivity index (χ3v) is 13.0. The van der Waals surface area contributed by atoms with Gasteiger partial charge in [-0.1, -0.05) is 212 Å². The van der Waals surface area contributed by atoms with Crippen molar-refractivity contribution in [1.29, 1.82) is 0 Å². The van der Waals surface area contributed by atoms with Crippen LogP contribution in [-0.4, -0.2) is 0 Å². The van der Waals surface area contributed by atoms with Crippen LogP contribution in [0.5, 0.6) is 0 Å².